The predicted molar refractivity (Wildman–Crippen MR) is 67.8 cm³/mol. The van der Waals surface area contributed by atoms with Gasteiger partial charge in [0.1, 0.15) is 29.7 Å². The molecule has 2 aromatic heterocycles. The zero-order chi connectivity index (χ0) is 14.4. The molecule has 117 valence electrons. The molecule has 1 fully saturated rings. The summed E-state index contributed by atoms with van der Waals surface area (Å²) in [6.45, 7) is 3.22. The summed E-state index contributed by atoms with van der Waals surface area (Å²) in [5.41, 5.74) is 1.89. The SMILES string of the molecule is Cc1nc(C)c2ncn(C3OC(CO)C(O)C3O)c2n1.[Ac].[Ac].[Ac]. The number of aliphatic hydroxyl groups excluding tert-OH is 3. The topological polar surface area (TPSA) is 114 Å². The molecule has 0 aromatic carbocycles. The van der Waals surface area contributed by atoms with Gasteiger partial charge < -0.3 is 20.1 Å². The van der Waals surface area contributed by atoms with Gasteiger partial charge in [0.05, 0.1) is 18.6 Å². The van der Waals surface area contributed by atoms with Crippen LogP contribution in [-0.4, -0.2) is 59.8 Å². The number of aromatic nitrogens is 4. The summed E-state index contributed by atoms with van der Waals surface area (Å²) in [5, 5.41) is 29.0. The molecule has 2 aromatic rings. The van der Waals surface area contributed by atoms with Crippen LogP contribution < -0.4 is 0 Å². The molecule has 3 rings (SSSR count). The van der Waals surface area contributed by atoms with Crippen molar-refractivity contribution in [3.05, 3.63) is 17.8 Å². The molecule has 1 aliphatic heterocycles. The van der Waals surface area contributed by atoms with E-state index < -0.39 is 24.5 Å². The minimum Gasteiger partial charge on any atom is -0.394 e. The summed E-state index contributed by atoms with van der Waals surface area (Å²) < 4.78 is 7.04. The number of fused-ring (bicyclic) bond motifs is 1. The third-order valence-electron chi connectivity index (χ3n) is 3.50. The van der Waals surface area contributed by atoms with Gasteiger partial charge >= 0.3 is 0 Å². The molecule has 3 radical (unpaired) electrons. The molecule has 11 heteroatoms. The zero-order valence-corrected chi connectivity index (χ0v) is 27.1. The van der Waals surface area contributed by atoms with Crippen LogP contribution in [0, 0.1) is 146 Å². The Morgan fingerprint density at radius 2 is 1.78 bits per heavy atom. The molecule has 1 saturated heterocycles. The van der Waals surface area contributed by atoms with Gasteiger partial charge in [-0.25, -0.2) is 15.0 Å². The fourth-order valence-electron chi connectivity index (χ4n) is 2.49. The Hall–Kier alpha value is 2.71. The van der Waals surface area contributed by atoms with Crippen LogP contribution in [0.2, 0.25) is 0 Å². The van der Waals surface area contributed by atoms with Gasteiger partial charge in [0.2, 0.25) is 0 Å². The van der Waals surface area contributed by atoms with Crippen LogP contribution in [0.15, 0.2) is 6.33 Å². The number of aryl methyl sites for hydroxylation is 2. The average Bonchev–Trinajstić information content (AvgIpc) is 2.93. The third kappa shape index (κ3) is 5.16. The molecule has 1 aliphatic rings. The van der Waals surface area contributed by atoms with E-state index in [1.807, 2.05) is 6.92 Å². The maximum atomic E-state index is 10.1. The third-order valence-corrected chi connectivity index (χ3v) is 3.50. The van der Waals surface area contributed by atoms with Crippen molar-refractivity contribution in [1.29, 1.82) is 0 Å². The second-order valence-electron chi connectivity index (χ2n) is 4.91. The zero-order valence-electron chi connectivity index (χ0n) is 12.9. The number of imidazole rings is 1. The van der Waals surface area contributed by atoms with Crippen molar-refractivity contribution >= 4 is 11.2 Å². The molecule has 4 atom stereocenters. The molecule has 3 N–H and O–H groups in total. The molecular formula is C12H16Ac3N4O4. The molecule has 0 aliphatic carbocycles. The van der Waals surface area contributed by atoms with Crippen LogP contribution in [0.1, 0.15) is 17.7 Å². The summed E-state index contributed by atoms with van der Waals surface area (Å²) in [4.78, 5) is 12.7. The van der Waals surface area contributed by atoms with Gasteiger partial charge in [0.25, 0.3) is 0 Å². The van der Waals surface area contributed by atoms with E-state index in [0.717, 1.165) is 5.69 Å². The molecule has 23 heavy (non-hydrogen) atoms. The van der Waals surface area contributed by atoms with Crippen molar-refractivity contribution in [2.75, 3.05) is 6.61 Å². The Morgan fingerprint density at radius 1 is 1.13 bits per heavy atom. The van der Waals surface area contributed by atoms with Crippen LogP contribution in [0.4, 0.5) is 0 Å². The summed E-state index contributed by atoms with van der Waals surface area (Å²) in [6, 6.07) is 0. The van der Waals surface area contributed by atoms with E-state index in [4.69, 9.17) is 9.84 Å². The van der Waals surface area contributed by atoms with Gasteiger partial charge in [-0.15, -0.1) is 0 Å². The van der Waals surface area contributed by atoms with Crippen molar-refractivity contribution in [1.82, 2.24) is 19.5 Å². The molecular weight excluding hydrogens is 945 g/mol. The van der Waals surface area contributed by atoms with Crippen LogP contribution in [0.25, 0.3) is 11.2 Å². The number of ether oxygens (including phenoxy) is 1. The second-order valence-corrected chi connectivity index (χ2v) is 4.91. The first-order chi connectivity index (χ1) is 9.52. The number of hydrogen-bond donors (Lipinski definition) is 3. The Balaban J connectivity index is 0.00000161. The van der Waals surface area contributed by atoms with E-state index in [-0.39, 0.29) is 139 Å². The Labute approximate surface area is 240 Å². The maximum Gasteiger partial charge on any atom is 0.166 e. The molecule has 0 spiro atoms. The second kappa shape index (κ2) is 10.9. The van der Waals surface area contributed by atoms with Gasteiger partial charge in [-0.1, -0.05) is 0 Å². The average molecular weight is 961 g/mol. The Morgan fingerprint density at radius 3 is 2.35 bits per heavy atom. The number of aliphatic hydroxyl groups is 3. The fourth-order valence-corrected chi connectivity index (χ4v) is 2.49. The maximum absolute atomic E-state index is 10.1. The predicted octanol–water partition coefficient (Wildman–Crippen LogP) is -0.945. The molecule has 4 unspecified atom stereocenters. The quantitative estimate of drug-likeness (QED) is 0.357. The largest absolute Gasteiger partial charge is 0.394 e. The molecule has 8 nitrogen and oxygen atoms in total. The smallest absolute Gasteiger partial charge is 0.166 e. The van der Waals surface area contributed by atoms with Crippen molar-refractivity contribution in [2.45, 2.75) is 38.4 Å². The molecule has 0 saturated carbocycles. The van der Waals surface area contributed by atoms with Gasteiger partial charge in [-0.05, 0) is 13.8 Å². The summed E-state index contributed by atoms with van der Waals surface area (Å²) in [7, 11) is 0. The summed E-state index contributed by atoms with van der Waals surface area (Å²) in [5.74, 6) is 0.587. The normalized spacial score (nSPS) is 26.3. The van der Waals surface area contributed by atoms with Crippen molar-refractivity contribution in [3.63, 3.8) is 0 Å². The van der Waals surface area contributed by atoms with E-state index in [1.165, 1.54) is 6.33 Å². The summed E-state index contributed by atoms with van der Waals surface area (Å²) in [6.07, 6.45) is -2.46. The van der Waals surface area contributed by atoms with E-state index in [2.05, 4.69) is 15.0 Å². The fraction of sp³-hybridized carbons (Fsp3) is 0.583. The number of nitrogens with zero attached hydrogens (tertiary/aromatic N) is 4. The molecule has 0 amide bonds. The van der Waals surface area contributed by atoms with Crippen LogP contribution in [-0.2, 0) is 4.74 Å². The molecule has 0 bridgehead atoms. The minimum atomic E-state index is -1.15. The van der Waals surface area contributed by atoms with Gasteiger partial charge in [0.15, 0.2) is 11.9 Å². The first-order valence-corrected chi connectivity index (χ1v) is 6.33. The van der Waals surface area contributed by atoms with Gasteiger partial charge in [0, 0.05) is 132 Å². The van der Waals surface area contributed by atoms with Crippen LogP contribution >= 0.6 is 0 Å². The Bertz CT molecular complexity index is 657. The minimum absolute atomic E-state index is 0. The molecule has 3 heterocycles. The van der Waals surface area contributed by atoms with Crippen LogP contribution in [0.5, 0.6) is 0 Å². The van der Waals surface area contributed by atoms with E-state index in [1.54, 1.807) is 11.5 Å². The van der Waals surface area contributed by atoms with E-state index in [0.29, 0.717) is 17.0 Å². The standard InChI is InChI=1S/C12H16N4O4.3Ac/c1-5-8-11(15-6(2)14-5)16(4-13-8)12-10(19)9(18)7(3-17)20-12;;;/h4,7,9-10,12,17-19H,3H2,1-2H3;;;. The van der Waals surface area contributed by atoms with Gasteiger partial charge in [-0.3, -0.25) is 4.57 Å². The first-order valence-electron chi connectivity index (χ1n) is 6.33. The summed E-state index contributed by atoms with van der Waals surface area (Å²) >= 11 is 0. The van der Waals surface area contributed by atoms with Crippen molar-refractivity contribution < 1.29 is 152 Å². The van der Waals surface area contributed by atoms with Crippen molar-refractivity contribution in [2.24, 2.45) is 0 Å². The van der Waals surface area contributed by atoms with Gasteiger partial charge in [-0.2, -0.15) is 0 Å². The monoisotopic (exact) mass is 961 g/mol. The number of hydrogen-bond acceptors (Lipinski definition) is 7. The van der Waals surface area contributed by atoms with Crippen LogP contribution in [0.3, 0.4) is 0 Å². The first kappa shape index (κ1) is 25.7. The van der Waals surface area contributed by atoms with E-state index >= 15 is 0 Å². The Kier molecular flexibility index (Phi) is 12.2. The van der Waals surface area contributed by atoms with E-state index in [9.17, 15) is 10.2 Å². The number of rotatable bonds is 2. The van der Waals surface area contributed by atoms with Crippen molar-refractivity contribution in [3.8, 4) is 0 Å².